The Kier molecular flexibility index (Phi) is 4.01. The van der Waals surface area contributed by atoms with Crippen LogP contribution in [0.5, 0.6) is 0 Å². The maximum Gasteiger partial charge on any atom is 0.317 e. The minimum Gasteiger partial charge on any atom is -0.347 e. The Labute approximate surface area is 102 Å². The summed E-state index contributed by atoms with van der Waals surface area (Å²) in [6.07, 6.45) is 7.80. The molecule has 5 heteroatoms. The number of hydrogen-bond acceptors (Lipinski definition) is 2. The van der Waals surface area contributed by atoms with Crippen molar-refractivity contribution in [3.63, 3.8) is 0 Å². The minimum atomic E-state index is -0.0144. The van der Waals surface area contributed by atoms with Crippen LogP contribution in [0, 0.1) is 0 Å². The SMILES string of the molecule is CCC(NC(=O)N1CCCCC1)c1ncc[nH]1. The number of urea groups is 1. The van der Waals surface area contributed by atoms with Crippen LogP contribution in [0.1, 0.15) is 44.5 Å². The van der Waals surface area contributed by atoms with Gasteiger partial charge in [-0.05, 0) is 25.7 Å². The van der Waals surface area contributed by atoms with Gasteiger partial charge in [-0.3, -0.25) is 0 Å². The van der Waals surface area contributed by atoms with Crippen LogP contribution in [0.15, 0.2) is 12.4 Å². The third kappa shape index (κ3) is 2.99. The third-order valence-electron chi connectivity index (χ3n) is 3.20. The molecule has 1 atom stereocenters. The summed E-state index contributed by atoms with van der Waals surface area (Å²) in [6.45, 7) is 3.80. The van der Waals surface area contributed by atoms with Crippen molar-refractivity contribution in [2.75, 3.05) is 13.1 Å². The summed E-state index contributed by atoms with van der Waals surface area (Å²) in [4.78, 5) is 21.2. The molecular weight excluding hydrogens is 216 g/mol. The molecule has 94 valence electrons. The van der Waals surface area contributed by atoms with Crippen LogP contribution in [-0.4, -0.2) is 34.0 Å². The second-order valence-electron chi connectivity index (χ2n) is 4.43. The predicted molar refractivity (Wildman–Crippen MR) is 65.6 cm³/mol. The molecule has 0 bridgehead atoms. The van der Waals surface area contributed by atoms with E-state index in [0.717, 1.165) is 38.2 Å². The van der Waals surface area contributed by atoms with Crippen LogP contribution in [0.3, 0.4) is 0 Å². The lowest BCUT2D eigenvalue weighted by Crippen LogP contribution is -2.44. The lowest BCUT2D eigenvalue weighted by Gasteiger charge is -2.28. The standard InChI is InChI=1S/C12H20N4O/c1-2-10(11-13-6-7-14-11)15-12(17)16-8-4-3-5-9-16/h6-7,10H,2-5,8-9H2,1H3,(H,13,14)(H,15,17). The molecule has 1 aliphatic heterocycles. The highest BCUT2D eigenvalue weighted by atomic mass is 16.2. The molecular formula is C12H20N4O. The molecule has 2 heterocycles. The Morgan fingerprint density at radius 1 is 1.53 bits per heavy atom. The lowest BCUT2D eigenvalue weighted by atomic mass is 10.1. The molecule has 1 saturated heterocycles. The number of carbonyl (C=O) groups is 1. The third-order valence-corrected chi connectivity index (χ3v) is 3.20. The van der Waals surface area contributed by atoms with Gasteiger partial charge in [0.2, 0.25) is 0 Å². The smallest absolute Gasteiger partial charge is 0.317 e. The van der Waals surface area contributed by atoms with Crippen molar-refractivity contribution in [3.8, 4) is 0 Å². The van der Waals surface area contributed by atoms with E-state index in [2.05, 4.69) is 15.3 Å². The first-order valence-corrected chi connectivity index (χ1v) is 6.36. The van der Waals surface area contributed by atoms with E-state index in [1.54, 1.807) is 12.4 Å². The number of nitrogens with zero attached hydrogens (tertiary/aromatic N) is 2. The van der Waals surface area contributed by atoms with Crippen molar-refractivity contribution in [2.24, 2.45) is 0 Å². The molecule has 1 aromatic rings. The van der Waals surface area contributed by atoms with Gasteiger partial charge in [0.15, 0.2) is 0 Å². The zero-order valence-electron chi connectivity index (χ0n) is 10.3. The summed E-state index contributed by atoms with van der Waals surface area (Å²) in [5.41, 5.74) is 0. The van der Waals surface area contributed by atoms with Crippen molar-refractivity contribution in [1.82, 2.24) is 20.2 Å². The fourth-order valence-electron chi connectivity index (χ4n) is 2.17. The summed E-state index contributed by atoms with van der Waals surface area (Å²) >= 11 is 0. The summed E-state index contributed by atoms with van der Waals surface area (Å²) in [5.74, 6) is 0.831. The van der Waals surface area contributed by atoms with Gasteiger partial charge >= 0.3 is 6.03 Å². The molecule has 0 spiro atoms. The number of carbonyl (C=O) groups excluding carboxylic acids is 1. The van der Waals surface area contributed by atoms with Crippen LogP contribution in [0.25, 0.3) is 0 Å². The van der Waals surface area contributed by atoms with E-state index in [1.165, 1.54) is 6.42 Å². The van der Waals surface area contributed by atoms with Gasteiger partial charge in [0.05, 0.1) is 6.04 Å². The van der Waals surface area contributed by atoms with Crippen molar-refractivity contribution < 1.29 is 4.79 Å². The van der Waals surface area contributed by atoms with Gasteiger partial charge in [-0.25, -0.2) is 9.78 Å². The number of rotatable bonds is 3. The van der Waals surface area contributed by atoms with Gasteiger partial charge in [-0.15, -0.1) is 0 Å². The number of aromatic amines is 1. The van der Waals surface area contributed by atoms with E-state index < -0.39 is 0 Å². The predicted octanol–water partition coefficient (Wildman–Crippen LogP) is 2.06. The van der Waals surface area contributed by atoms with Gasteiger partial charge in [-0.1, -0.05) is 6.92 Å². The molecule has 1 fully saturated rings. The molecule has 0 radical (unpaired) electrons. The first-order valence-electron chi connectivity index (χ1n) is 6.36. The number of hydrogen-bond donors (Lipinski definition) is 2. The number of piperidine rings is 1. The van der Waals surface area contributed by atoms with E-state index in [1.807, 2.05) is 11.8 Å². The molecule has 17 heavy (non-hydrogen) atoms. The number of aromatic nitrogens is 2. The quantitative estimate of drug-likeness (QED) is 0.843. The second kappa shape index (κ2) is 5.70. The molecule has 1 aliphatic rings. The fraction of sp³-hybridized carbons (Fsp3) is 0.667. The Morgan fingerprint density at radius 2 is 2.29 bits per heavy atom. The zero-order valence-corrected chi connectivity index (χ0v) is 10.3. The van der Waals surface area contributed by atoms with Crippen LogP contribution in [0.4, 0.5) is 4.79 Å². The normalized spacial score (nSPS) is 17.8. The molecule has 2 N–H and O–H groups in total. The van der Waals surface area contributed by atoms with E-state index in [0.29, 0.717) is 0 Å². The number of nitrogens with one attached hydrogen (secondary N) is 2. The Balaban J connectivity index is 1.92. The Bertz CT molecular complexity index is 343. The molecule has 2 amide bonds. The zero-order chi connectivity index (χ0) is 12.1. The summed E-state index contributed by atoms with van der Waals surface area (Å²) in [6, 6.07) is 0.0207. The first-order chi connectivity index (χ1) is 8.31. The highest BCUT2D eigenvalue weighted by Crippen LogP contribution is 2.14. The number of likely N-dealkylation sites (tertiary alicyclic amines) is 1. The highest BCUT2D eigenvalue weighted by molar-refractivity contribution is 5.74. The van der Waals surface area contributed by atoms with Gasteiger partial charge in [0.1, 0.15) is 5.82 Å². The van der Waals surface area contributed by atoms with Crippen molar-refractivity contribution in [2.45, 2.75) is 38.6 Å². The van der Waals surface area contributed by atoms with Crippen LogP contribution in [0.2, 0.25) is 0 Å². The van der Waals surface area contributed by atoms with E-state index >= 15 is 0 Å². The van der Waals surface area contributed by atoms with E-state index in [4.69, 9.17) is 0 Å². The fourth-order valence-corrected chi connectivity index (χ4v) is 2.17. The van der Waals surface area contributed by atoms with Gasteiger partial charge in [0, 0.05) is 25.5 Å². The van der Waals surface area contributed by atoms with Gasteiger partial charge < -0.3 is 15.2 Å². The van der Waals surface area contributed by atoms with Crippen molar-refractivity contribution >= 4 is 6.03 Å². The minimum absolute atomic E-state index is 0.0144. The van der Waals surface area contributed by atoms with E-state index in [9.17, 15) is 4.79 Å². The molecule has 0 saturated carbocycles. The monoisotopic (exact) mass is 236 g/mol. The summed E-state index contributed by atoms with van der Waals surface area (Å²) < 4.78 is 0. The molecule has 5 nitrogen and oxygen atoms in total. The van der Waals surface area contributed by atoms with Crippen LogP contribution >= 0.6 is 0 Å². The molecule has 0 aromatic carbocycles. The van der Waals surface area contributed by atoms with Crippen molar-refractivity contribution in [3.05, 3.63) is 18.2 Å². The number of amides is 2. The van der Waals surface area contributed by atoms with Crippen LogP contribution in [-0.2, 0) is 0 Å². The average molecular weight is 236 g/mol. The number of H-pyrrole nitrogens is 1. The highest BCUT2D eigenvalue weighted by Gasteiger charge is 2.20. The molecule has 1 aromatic heterocycles. The lowest BCUT2D eigenvalue weighted by molar-refractivity contribution is 0.181. The molecule has 2 rings (SSSR count). The summed E-state index contributed by atoms with van der Waals surface area (Å²) in [7, 11) is 0. The average Bonchev–Trinajstić information content (AvgIpc) is 2.90. The van der Waals surface area contributed by atoms with Gasteiger partial charge in [0.25, 0.3) is 0 Å². The van der Waals surface area contributed by atoms with Crippen molar-refractivity contribution in [1.29, 1.82) is 0 Å². The second-order valence-corrected chi connectivity index (χ2v) is 4.43. The maximum atomic E-state index is 12.0. The Hall–Kier alpha value is -1.52. The van der Waals surface area contributed by atoms with Crippen LogP contribution < -0.4 is 5.32 Å². The Morgan fingerprint density at radius 3 is 2.88 bits per heavy atom. The van der Waals surface area contributed by atoms with Gasteiger partial charge in [-0.2, -0.15) is 0 Å². The maximum absolute atomic E-state index is 12.0. The molecule has 1 unspecified atom stereocenters. The largest absolute Gasteiger partial charge is 0.347 e. The molecule has 0 aliphatic carbocycles. The summed E-state index contributed by atoms with van der Waals surface area (Å²) in [5, 5.41) is 3.03. The van der Waals surface area contributed by atoms with E-state index in [-0.39, 0.29) is 12.1 Å². The first kappa shape index (κ1) is 12.0. The number of imidazole rings is 1. The topological polar surface area (TPSA) is 61.0 Å².